The molecule has 0 aliphatic carbocycles. The van der Waals surface area contributed by atoms with Crippen LogP contribution in [0.1, 0.15) is 5.56 Å². The first kappa shape index (κ1) is 15.6. The number of aliphatic carboxylic acids is 1. The molecule has 0 fully saturated rings. The Morgan fingerprint density at radius 1 is 1.14 bits per heavy atom. The van der Waals surface area contributed by atoms with E-state index in [0.717, 1.165) is 9.13 Å². The number of halogens is 1. The summed E-state index contributed by atoms with van der Waals surface area (Å²) in [5, 5.41) is 9.35. The molecule has 0 spiro atoms. The van der Waals surface area contributed by atoms with Crippen LogP contribution in [0.25, 0.3) is 0 Å². The van der Waals surface area contributed by atoms with Crippen molar-refractivity contribution < 1.29 is 19.4 Å². The van der Waals surface area contributed by atoms with E-state index in [1.807, 2.05) is 24.3 Å². The Balaban J connectivity index is 2.16. The van der Waals surface area contributed by atoms with Crippen LogP contribution in [0.3, 0.4) is 0 Å². The van der Waals surface area contributed by atoms with Crippen molar-refractivity contribution in [3.05, 3.63) is 57.7 Å². The molecule has 0 bridgehead atoms. The third kappa shape index (κ3) is 4.35. The van der Waals surface area contributed by atoms with Crippen LogP contribution in [-0.2, 0) is 11.2 Å². The lowest BCUT2D eigenvalue weighted by molar-refractivity contribution is -0.145. The third-order valence-electron chi connectivity index (χ3n) is 2.95. The van der Waals surface area contributed by atoms with Gasteiger partial charge >= 0.3 is 5.97 Å². The molecule has 0 amide bonds. The van der Waals surface area contributed by atoms with Crippen LogP contribution in [0.4, 0.5) is 0 Å². The molecule has 1 unspecified atom stereocenters. The molecule has 2 aromatic rings. The molecular weight excluding hydrogens is 383 g/mol. The Labute approximate surface area is 136 Å². The lowest BCUT2D eigenvalue weighted by Gasteiger charge is -2.17. The van der Waals surface area contributed by atoms with Gasteiger partial charge in [0.1, 0.15) is 0 Å². The zero-order valence-corrected chi connectivity index (χ0v) is 13.6. The molecule has 0 aliphatic rings. The van der Waals surface area contributed by atoms with Gasteiger partial charge in [0.15, 0.2) is 17.6 Å². The van der Waals surface area contributed by atoms with E-state index in [1.54, 1.807) is 24.3 Å². The van der Waals surface area contributed by atoms with Gasteiger partial charge in [-0.1, -0.05) is 24.3 Å². The van der Waals surface area contributed by atoms with Crippen molar-refractivity contribution in [2.45, 2.75) is 12.5 Å². The first-order valence-electron chi connectivity index (χ1n) is 6.37. The number of hydrogen-bond acceptors (Lipinski definition) is 3. The van der Waals surface area contributed by atoms with Gasteiger partial charge in [-0.2, -0.15) is 0 Å². The third-order valence-corrected chi connectivity index (χ3v) is 3.67. The second-order valence-corrected chi connectivity index (χ2v) is 5.67. The van der Waals surface area contributed by atoms with Gasteiger partial charge in [0, 0.05) is 9.99 Å². The summed E-state index contributed by atoms with van der Waals surface area (Å²) in [6.07, 6.45) is -0.661. The van der Waals surface area contributed by atoms with Crippen LogP contribution in [0, 0.1) is 3.57 Å². The maximum Gasteiger partial charge on any atom is 0.345 e. The second-order valence-electron chi connectivity index (χ2n) is 4.43. The zero-order valence-electron chi connectivity index (χ0n) is 11.5. The van der Waals surface area contributed by atoms with Crippen molar-refractivity contribution in [2.75, 3.05) is 7.11 Å². The van der Waals surface area contributed by atoms with Crippen molar-refractivity contribution >= 4 is 28.6 Å². The SMILES string of the molecule is COc1ccccc1OC(Cc1ccc(I)cc1)C(=O)O. The fourth-order valence-electron chi connectivity index (χ4n) is 1.88. The van der Waals surface area contributed by atoms with Crippen molar-refractivity contribution in [3.8, 4) is 11.5 Å². The number of benzene rings is 2. The number of hydrogen-bond donors (Lipinski definition) is 1. The molecule has 0 saturated heterocycles. The predicted octanol–water partition coefficient (Wildman–Crippen LogP) is 3.37. The smallest absolute Gasteiger partial charge is 0.345 e. The van der Waals surface area contributed by atoms with Gasteiger partial charge < -0.3 is 14.6 Å². The number of para-hydroxylation sites is 2. The highest BCUT2D eigenvalue weighted by atomic mass is 127. The minimum absolute atomic E-state index is 0.296. The summed E-state index contributed by atoms with van der Waals surface area (Å²) in [7, 11) is 1.52. The Kier molecular flexibility index (Phi) is 5.44. The van der Waals surface area contributed by atoms with Crippen molar-refractivity contribution in [1.82, 2.24) is 0 Å². The second kappa shape index (κ2) is 7.31. The molecule has 4 nitrogen and oxygen atoms in total. The maximum absolute atomic E-state index is 11.4. The molecule has 110 valence electrons. The summed E-state index contributed by atoms with van der Waals surface area (Å²) < 4.78 is 11.9. The Hall–Kier alpha value is -1.76. The van der Waals surface area contributed by atoms with E-state index >= 15 is 0 Å². The van der Waals surface area contributed by atoms with E-state index in [9.17, 15) is 9.90 Å². The fraction of sp³-hybridized carbons (Fsp3) is 0.188. The largest absolute Gasteiger partial charge is 0.493 e. The summed E-state index contributed by atoms with van der Waals surface area (Å²) >= 11 is 2.21. The molecule has 2 rings (SSSR count). The first-order valence-corrected chi connectivity index (χ1v) is 7.45. The standard InChI is InChI=1S/C16H15IO4/c1-20-13-4-2-3-5-14(13)21-15(16(18)19)10-11-6-8-12(17)9-7-11/h2-9,15H,10H2,1H3,(H,18,19). The number of ether oxygens (including phenoxy) is 2. The van der Waals surface area contributed by atoms with E-state index < -0.39 is 12.1 Å². The first-order chi connectivity index (χ1) is 10.1. The molecule has 0 aromatic heterocycles. The molecule has 21 heavy (non-hydrogen) atoms. The van der Waals surface area contributed by atoms with Crippen LogP contribution in [-0.4, -0.2) is 24.3 Å². The molecule has 0 aliphatic heterocycles. The molecule has 0 radical (unpaired) electrons. The number of carboxylic acid groups (broad SMARTS) is 1. The number of methoxy groups -OCH3 is 1. The summed E-state index contributed by atoms with van der Waals surface area (Å²) in [4.78, 5) is 11.4. The van der Waals surface area contributed by atoms with Crippen molar-refractivity contribution in [1.29, 1.82) is 0 Å². The van der Waals surface area contributed by atoms with Gasteiger partial charge in [-0.3, -0.25) is 0 Å². The lowest BCUT2D eigenvalue weighted by atomic mass is 10.1. The van der Waals surface area contributed by atoms with Crippen LogP contribution in [0.2, 0.25) is 0 Å². The minimum Gasteiger partial charge on any atom is -0.493 e. The fourth-order valence-corrected chi connectivity index (χ4v) is 2.24. The van der Waals surface area contributed by atoms with Gasteiger partial charge in [-0.05, 0) is 52.4 Å². The molecule has 1 atom stereocenters. The average molecular weight is 398 g/mol. The number of carboxylic acids is 1. The number of carbonyl (C=O) groups is 1. The highest BCUT2D eigenvalue weighted by Gasteiger charge is 2.21. The monoisotopic (exact) mass is 398 g/mol. The zero-order chi connectivity index (χ0) is 15.2. The van der Waals surface area contributed by atoms with Gasteiger partial charge in [-0.25, -0.2) is 4.79 Å². The van der Waals surface area contributed by atoms with Crippen molar-refractivity contribution in [2.24, 2.45) is 0 Å². The van der Waals surface area contributed by atoms with Crippen LogP contribution >= 0.6 is 22.6 Å². The Morgan fingerprint density at radius 2 is 1.76 bits per heavy atom. The number of rotatable bonds is 6. The van der Waals surface area contributed by atoms with Gasteiger partial charge in [0.2, 0.25) is 0 Å². The van der Waals surface area contributed by atoms with E-state index in [0.29, 0.717) is 17.9 Å². The van der Waals surface area contributed by atoms with Crippen LogP contribution in [0.15, 0.2) is 48.5 Å². The molecule has 5 heteroatoms. The topological polar surface area (TPSA) is 55.8 Å². The predicted molar refractivity (Wildman–Crippen MR) is 87.9 cm³/mol. The molecule has 2 aromatic carbocycles. The maximum atomic E-state index is 11.4. The Bertz CT molecular complexity index is 610. The normalized spacial score (nSPS) is 11.7. The average Bonchev–Trinajstić information content (AvgIpc) is 2.49. The summed E-state index contributed by atoms with van der Waals surface area (Å²) in [5.41, 5.74) is 0.915. The lowest BCUT2D eigenvalue weighted by Crippen LogP contribution is -2.29. The van der Waals surface area contributed by atoms with Crippen molar-refractivity contribution in [3.63, 3.8) is 0 Å². The van der Waals surface area contributed by atoms with E-state index in [-0.39, 0.29) is 0 Å². The van der Waals surface area contributed by atoms with Gasteiger partial charge in [0.05, 0.1) is 7.11 Å². The molecular formula is C16H15IO4. The Morgan fingerprint density at radius 3 is 2.33 bits per heavy atom. The van der Waals surface area contributed by atoms with Crippen LogP contribution in [0.5, 0.6) is 11.5 Å². The van der Waals surface area contributed by atoms with Crippen LogP contribution < -0.4 is 9.47 Å². The molecule has 0 heterocycles. The van der Waals surface area contributed by atoms with Gasteiger partial charge in [-0.15, -0.1) is 0 Å². The summed E-state index contributed by atoms with van der Waals surface area (Å²) in [6.45, 7) is 0. The van der Waals surface area contributed by atoms with Gasteiger partial charge in [0.25, 0.3) is 0 Å². The minimum atomic E-state index is -1.00. The summed E-state index contributed by atoms with van der Waals surface area (Å²) in [6, 6.07) is 14.7. The van der Waals surface area contributed by atoms with E-state index in [2.05, 4.69) is 22.6 Å². The van der Waals surface area contributed by atoms with E-state index in [1.165, 1.54) is 7.11 Å². The van der Waals surface area contributed by atoms with E-state index in [4.69, 9.17) is 9.47 Å². The summed E-state index contributed by atoms with van der Waals surface area (Å²) in [5.74, 6) is -0.0521. The highest BCUT2D eigenvalue weighted by Crippen LogP contribution is 2.27. The quantitative estimate of drug-likeness (QED) is 0.759. The molecule has 1 N–H and O–H groups in total. The molecule has 0 saturated carbocycles. The highest BCUT2D eigenvalue weighted by molar-refractivity contribution is 14.1.